The number of likely N-dealkylation sites (N-methyl/N-ethyl adjacent to an activating group) is 1. The van der Waals surface area contributed by atoms with E-state index >= 15 is 0 Å². The van der Waals surface area contributed by atoms with Gasteiger partial charge in [-0.2, -0.15) is 0 Å². The molecule has 3 N–H and O–H groups in total. The van der Waals surface area contributed by atoms with Gasteiger partial charge in [-0.05, 0) is 26.3 Å². The van der Waals surface area contributed by atoms with Gasteiger partial charge < -0.3 is 20.4 Å². The summed E-state index contributed by atoms with van der Waals surface area (Å²) in [5.74, 6) is -1.11. The van der Waals surface area contributed by atoms with Crippen LogP contribution in [0.2, 0.25) is 0 Å². The Morgan fingerprint density at radius 1 is 1.30 bits per heavy atom. The lowest BCUT2D eigenvalue weighted by Gasteiger charge is -2.27. The lowest BCUT2D eigenvalue weighted by Crippen LogP contribution is -2.50. The minimum atomic E-state index is -1.11. The molecule has 2 aliphatic rings. The summed E-state index contributed by atoms with van der Waals surface area (Å²) in [7, 11) is 2.09. The van der Waals surface area contributed by atoms with Crippen molar-refractivity contribution < 1.29 is 19.8 Å². The molecule has 2 unspecified atom stereocenters. The Labute approximate surface area is 118 Å². The van der Waals surface area contributed by atoms with Crippen molar-refractivity contribution in [2.24, 2.45) is 0 Å². The minimum absolute atomic E-state index is 0.0286. The molecule has 2 bridgehead atoms. The number of carbonyl (C=O) groups is 2. The van der Waals surface area contributed by atoms with Gasteiger partial charge in [0.15, 0.2) is 0 Å². The summed E-state index contributed by atoms with van der Waals surface area (Å²) in [6.45, 7) is 1.04. The van der Waals surface area contributed by atoms with Gasteiger partial charge in [-0.25, -0.2) is 9.59 Å². The standard InChI is InChI=1S/C13H23N3O4/c1-15-9-2-3-10(15)8-16(6-4-9)13(20)14-11(5-7-17)12(18)19/h9-11,17H,2-8H2,1H3,(H,14,20)(H,18,19)/t9?,10?,11-/m1/s1. The molecule has 0 aromatic carbocycles. The number of nitrogens with zero attached hydrogens (tertiary/aromatic N) is 2. The van der Waals surface area contributed by atoms with Crippen molar-refractivity contribution in [2.45, 2.75) is 43.8 Å². The van der Waals surface area contributed by atoms with E-state index in [1.807, 2.05) is 0 Å². The lowest BCUT2D eigenvalue weighted by atomic mass is 10.1. The zero-order chi connectivity index (χ0) is 14.7. The molecular weight excluding hydrogens is 262 g/mol. The summed E-state index contributed by atoms with van der Waals surface area (Å²) >= 11 is 0. The van der Waals surface area contributed by atoms with E-state index in [1.165, 1.54) is 6.42 Å². The molecule has 2 rings (SSSR count). The molecule has 2 amide bonds. The average molecular weight is 285 g/mol. The van der Waals surface area contributed by atoms with Gasteiger partial charge in [-0.3, -0.25) is 4.90 Å². The van der Waals surface area contributed by atoms with E-state index < -0.39 is 12.0 Å². The molecule has 0 aromatic rings. The Balaban J connectivity index is 1.93. The topological polar surface area (TPSA) is 93.1 Å². The molecule has 0 aliphatic carbocycles. The average Bonchev–Trinajstić information content (AvgIpc) is 2.62. The molecule has 0 aromatic heterocycles. The van der Waals surface area contributed by atoms with Crippen molar-refractivity contribution >= 4 is 12.0 Å². The number of urea groups is 1. The molecule has 2 aliphatic heterocycles. The molecule has 114 valence electrons. The first kappa shape index (κ1) is 15.1. The van der Waals surface area contributed by atoms with Crippen molar-refractivity contribution in [1.82, 2.24) is 15.1 Å². The fourth-order valence-corrected chi connectivity index (χ4v) is 3.12. The SMILES string of the molecule is CN1C2CCC1CN(C(=O)N[C@H](CCO)C(=O)O)CC2. The number of fused-ring (bicyclic) bond motifs is 2. The highest BCUT2D eigenvalue weighted by Gasteiger charge is 2.36. The van der Waals surface area contributed by atoms with Gasteiger partial charge in [0.2, 0.25) is 0 Å². The van der Waals surface area contributed by atoms with Crippen LogP contribution in [0.1, 0.15) is 25.7 Å². The summed E-state index contributed by atoms with van der Waals surface area (Å²) < 4.78 is 0. The largest absolute Gasteiger partial charge is 0.480 e. The van der Waals surface area contributed by atoms with Gasteiger partial charge in [0.05, 0.1) is 0 Å². The Morgan fingerprint density at radius 3 is 2.65 bits per heavy atom. The maximum atomic E-state index is 12.2. The molecule has 0 spiro atoms. The summed E-state index contributed by atoms with van der Waals surface area (Å²) in [5, 5.41) is 20.3. The van der Waals surface area contributed by atoms with Crippen LogP contribution in [0, 0.1) is 0 Å². The van der Waals surface area contributed by atoms with Crippen molar-refractivity contribution in [2.75, 3.05) is 26.7 Å². The van der Waals surface area contributed by atoms with Gasteiger partial charge in [-0.15, -0.1) is 0 Å². The first-order valence-electron chi connectivity index (χ1n) is 7.14. The van der Waals surface area contributed by atoms with E-state index in [9.17, 15) is 9.59 Å². The molecule has 2 fully saturated rings. The number of hydrogen-bond donors (Lipinski definition) is 3. The number of aliphatic hydroxyl groups is 1. The summed E-state index contributed by atoms with van der Waals surface area (Å²) in [6.07, 6.45) is 3.22. The van der Waals surface area contributed by atoms with Crippen LogP contribution in [0.3, 0.4) is 0 Å². The predicted molar refractivity (Wildman–Crippen MR) is 72.4 cm³/mol. The molecule has 0 saturated carbocycles. The number of likely N-dealkylation sites (tertiary alicyclic amines) is 1. The number of nitrogens with one attached hydrogen (secondary N) is 1. The Bertz CT molecular complexity index is 377. The summed E-state index contributed by atoms with van der Waals surface area (Å²) in [4.78, 5) is 27.2. The fraction of sp³-hybridized carbons (Fsp3) is 0.846. The smallest absolute Gasteiger partial charge is 0.326 e. The lowest BCUT2D eigenvalue weighted by molar-refractivity contribution is -0.139. The van der Waals surface area contributed by atoms with E-state index in [-0.39, 0.29) is 19.1 Å². The number of aliphatic hydroxyl groups excluding tert-OH is 1. The summed E-state index contributed by atoms with van der Waals surface area (Å²) in [5.41, 5.74) is 0. The second-order valence-corrected chi connectivity index (χ2v) is 5.64. The van der Waals surface area contributed by atoms with Gasteiger partial charge in [0, 0.05) is 38.2 Å². The number of aliphatic carboxylic acids is 1. The Kier molecular flexibility index (Phi) is 4.82. The van der Waals surface area contributed by atoms with Crippen molar-refractivity contribution in [3.05, 3.63) is 0 Å². The number of carboxylic acid groups (broad SMARTS) is 1. The van der Waals surface area contributed by atoms with E-state index in [0.29, 0.717) is 25.2 Å². The van der Waals surface area contributed by atoms with Crippen LogP contribution in [0.25, 0.3) is 0 Å². The molecular formula is C13H23N3O4. The van der Waals surface area contributed by atoms with Crippen molar-refractivity contribution in [3.63, 3.8) is 0 Å². The van der Waals surface area contributed by atoms with Gasteiger partial charge in [-0.1, -0.05) is 0 Å². The number of rotatable bonds is 4. The third kappa shape index (κ3) is 3.21. The van der Waals surface area contributed by atoms with E-state index in [1.54, 1.807) is 4.90 Å². The van der Waals surface area contributed by atoms with Gasteiger partial charge in [0.1, 0.15) is 6.04 Å². The fourth-order valence-electron chi connectivity index (χ4n) is 3.12. The number of carboxylic acids is 1. The Morgan fingerprint density at radius 2 is 2.00 bits per heavy atom. The van der Waals surface area contributed by atoms with Gasteiger partial charge in [0.25, 0.3) is 0 Å². The van der Waals surface area contributed by atoms with Crippen molar-refractivity contribution in [3.8, 4) is 0 Å². The quantitative estimate of drug-likeness (QED) is 0.659. The predicted octanol–water partition coefficient (Wildman–Crippen LogP) is -0.300. The van der Waals surface area contributed by atoms with Crippen LogP contribution >= 0.6 is 0 Å². The van der Waals surface area contributed by atoms with Crippen LogP contribution in [0.5, 0.6) is 0 Å². The second-order valence-electron chi connectivity index (χ2n) is 5.64. The van der Waals surface area contributed by atoms with Crippen molar-refractivity contribution in [1.29, 1.82) is 0 Å². The second kappa shape index (κ2) is 6.41. The number of amides is 2. The first-order chi connectivity index (χ1) is 9.52. The highest BCUT2D eigenvalue weighted by atomic mass is 16.4. The zero-order valence-corrected chi connectivity index (χ0v) is 11.8. The molecule has 2 saturated heterocycles. The molecule has 2 heterocycles. The first-order valence-corrected chi connectivity index (χ1v) is 7.14. The van der Waals surface area contributed by atoms with Crippen LogP contribution in [-0.2, 0) is 4.79 Å². The third-order valence-electron chi connectivity index (χ3n) is 4.45. The highest BCUT2D eigenvalue weighted by Crippen LogP contribution is 2.28. The van der Waals surface area contributed by atoms with E-state index in [2.05, 4.69) is 17.3 Å². The van der Waals surface area contributed by atoms with Gasteiger partial charge >= 0.3 is 12.0 Å². The molecule has 7 heteroatoms. The zero-order valence-electron chi connectivity index (χ0n) is 11.8. The Hall–Kier alpha value is -1.34. The minimum Gasteiger partial charge on any atom is -0.480 e. The van der Waals surface area contributed by atoms with Crippen LogP contribution < -0.4 is 5.32 Å². The molecule has 20 heavy (non-hydrogen) atoms. The number of carbonyl (C=O) groups excluding carboxylic acids is 1. The van der Waals surface area contributed by atoms with E-state index in [4.69, 9.17) is 10.2 Å². The molecule has 0 radical (unpaired) electrons. The maximum absolute atomic E-state index is 12.2. The van der Waals surface area contributed by atoms with Crippen LogP contribution in [0.4, 0.5) is 4.79 Å². The molecule has 7 nitrogen and oxygen atoms in total. The van der Waals surface area contributed by atoms with E-state index in [0.717, 1.165) is 12.8 Å². The molecule has 3 atom stereocenters. The normalized spacial score (nSPS) is 28.0. The number of hydrogen-bond acceptors (Lipinski definition) is 4. The van der Waals surface area contributed by atoms with Crippen LogP contribution in [-0.4, -0.2) is 76.9 Å². The van der Waals surface area contributed by atoms with Crippen LogP contribution in [0.15, 0.2) is 0 Å². The summed E-state index contributed by atoms with van der Waals surface area (Å²) in [6, 6.07) is -0.461. The maximum Gasteiger partial charge on any atom is 0.326 e. The highest BCUT2D eigenvalue weighted by molar-refractivity contribution is 5.82. The monoisotopic (exact) mass is 285 g/mol. The third-order valence-corrected chi connectivity index (χ3v) is 4.45.